The number of nitrogens with zero attached hydrogens (tertiary/aromatic N) is 2. The van der Waals surface area contributed by atoms with Crippen molar-refractivity contribution in [3.8, 4) is 5.75 Å². The highest BCUT2D eigenvalue weighted by atomic mass is 16.5. The van der Waals surface area contributed by atoms with E-state index in [1.165, 1.54) is 12.8 Å². The van der Waals surface area contributed by atoms with Crippen LogP contribution in [0.15, 0.2) is 36.5 Å². The molecule has 0 spiro atoms. The van der Waals surface area contributed by atoms with Crippen molar-refractivity contribution >= 4 is 10.9 Å². The molecule has 0 aliphatic carbocycles. The summed E-state index contributed by atoms with van der Waals surface area (Å²) in [7, 11) is 0. The number of rotatable bonds is 5. The van der Waals surface area contributed by atoms with E-state index in [2.05, 4.69) is 16.8 Å². The molecule has 0 radical (unpaired) electrons. The summed E-state index contributed by atoms with van der Waals surface area (Å²) >= 11 is 0. The predicted octanol–water partition coefficient (Wildman–Crippen LogP) is 2.71. The number of ether oxygens (including phenoxy) is 1. The summed E-state index contributed by atoms with van der Waals surface area (Å²) in [6.07, 6.45) is 3.75. The highest BCUT2D eigenvalue weighted by molar-refractivity contribution is 5.84. The number of fused-ring (bicyclic) bond motifs is 1. The second-order valence-corrected chi connectivity index (χ2v) is 6.28. The van der Waals surface area contributed by atoms with Gasteiger partial charge in [0.2, 0.25) is 0 Å². The molecular formula is C18H24N2O2. The molecule has 1 saturated heterocycles. The summed E-state index contributed by atoms with van der Waals surface area (Å²) in [5.74, 6) is 1.55. The van der Waals surface area contributed by atoms with Crippen LogP contribution in [0.5, 0.6) is 5.75 Å². The van der Waals surface area contributed by atoms with E-state index in [-0.39, 0.29) is 0 Å². The molecule has 1 N–H and O–H groups in total. The Bertz CT molecular complexity index is 604. The van der Waals surface area contributed by atoms with Crippen LogP contribution in [0, 0.1) is 5.92 Å². The van der Waals surface area contributed by atoms with Crippen molar-refractivity contribution in [1.82, 2.24) is 9.88 Å². The van der Waals surface area contributed by atoms with E-state index in [4.69, 9.17) is 4.74 Å². The average molecular weight is 300 g/mol. The van der Waals surface area contributed by atoms with E-state index >= 15 is 0 Å². The van der Waals surface area contributed by atoms with Crippen LogP contribution in [-0.4, -0.2) is 47.3 Å². The molecule has 0 amide bonds. The molecule has 22 heavy (non-hydrogen) atoms. The van der Waals surface area contributed by atoms with Crippen LogP contribution in [0.25, 0.3) is 10.9 Å². The molecule has 3 rings (SSSR count). The van der Waals surface area contributed by atoms with E-state index in [9.17, 15) is 5.11 Å². The molecule has 0 bridgehead atoms. The molecule has 1 unspecified atom stereocenters. The van der Waals surface area contributed by atoms with Crippen LogP contribution >= 0.6 is 0 Å². The molecule has 2 heterocycles. The van der Waals surface area contributed by atoms with Crippen LogP contribution in [0.3, 0.4) is 0 Å². The van der Waals surface area contributed by atoms with Crippen LogP contribution in [0.1, 0.15) is 19.8 Å². The second-order valence-electron chi connectivity index (χ2n) is 6.28. The maximum absolute atomic E-state index is 10.2. The van der Waals surface area contributed by atoms with Gasteiger partial charge >= 0.3 is 0 Å². The van der Waals surface area contributed by atoms with Gasteiger partial charge < -0.3 is 14.7 Å². The number of hydrogen-bond acceptors (Lipinski definition) is 4. The van der Waals surface area contributed by atoms with E-state index < -0.39 is 6.10 Å². The minimum Gasteiger partial charge on any atom is -0.489 e. The zero-order chi connectivity index (χ0) is 15.4. The Kier molecular flexibility index (Phi) is 4.90. The third kappa shape index (κ3) is 3.76. The second kappa shape index (κ2) is 7.07. The third-order valence-corrected chi connectivity index (χ3v) is 4.37. The SMILES string of the molecule is CC1CCN(CC(O)COc2cccc3cccnc23)CC1. The number of hydrogen-bond donors (Lipinski definition) is 1. The van der Waals surface area contributed by atoms with E-state index in [1.54, 1.807) is 6.20 Å². The van der Waals surface area contributed by atoms with E-state index in [1.807, 2.05) is 30.3 Å². The van der Waals surface area contributed by atoms with Crippen molar-refractivity contribution in [2.75, 3.05) is 26.2 Å². The molecule has 1 aromatic carbocycles. The largest absolute Gasteiger partial charge is 0.489 e. The van der Waals surface area contributed by atoms with Crippen molar-refractivity contribution in [3.63, 3.8) is 0 Å². The van der Waals surface area contributed by atoms with Gasteiger partial charge in [0, 0.05) is 18.1 Å². The summed E-state index contributed by atoms with van der Waals surface area (Å²) in [4.78, 5) is 6.69. The molecule has 1 aromatic heterocycles. The van der Waals surface area contributed by atoms with Crippen molar-refractivity contribution in [1.29, 1.82) is 0 Å². The maximum Gasteiger partial charge on any atom is 0.145 e. The summed E-state index contributed by atoms with van der Waals surface area (Å²) in [6.45, 7) is 5.44. The first kappa shape index (κ1) is 15.3. The lowest BCUT2D eigenvalue weighted by Crippen LogP contribution is -2.40. The number of aromatic nitrogens is 1. The van der Waals surface area contributed by atoms with Crippen molar-refractivity contribution in [3.05, 3.63) is 36.5 Å². The number of β-amino-alcohol motifs (C(OH)–C–C–N with tert-alkyl or cyclic N) is 1. The molecule has 4 nitrogen and oxygen atoms in total. The summed E-state index contributed by atoms with van der Waals surface area (Å²) < 4.78 is 5.80. The fraction of sp³-hybridized carbons (Fsp3) is 0.500. The third-order valence-electron chi connectivity index (χ3n) is 4.37. The number of likely N-dealkylation sites (tertiary alicyclic amines) is 1. The summed E-state index contributed by atoms with van der Waals surface area (Å²) in [6, 6.07) is 9.81. The minimum absolute atomic E-state index is 0.307. The summed E-state index contributed by atoms with van der Waals surface area (Å²) in [5, 5.41) is 11.3. The number of benzene rings is 1. The standard InChI is InChI=1S/C18H24N2O2/c1-14-7-10-20(11-8-14)12-16(21)13-22-17-6-2-4-15-5-3-9-19-18(15)17/h2-6,9,14,16,21H,7-8,10-13H2,1H3. The Morgan fingerprint density at radius 3 is 2.86 bits per heavy atom. The Hall–Kier alpha value is -1.65. The zero-order valence-electron chi connectivity index (χ0n) is 13.1. The lowest BCUT2D eigenvalue weighted by Gasteiger charge is -2.31. The first-order chi connectivity index (χ1) is 10.7. The minimum atomic E-state index is -0.465. The van der Waals surface area contributed by atoms with Crippen LogP contribution in [-0.2, 0) is 0 Å². The maximum atomic E-state index is 10.2. The number of aliphatic hydroxyl groups excluding tert-OH is 1. The van der Waals surface area contributed by atoms with Gasteiger partial charge in [-0.05, 0) is 44.0 Å². The molecular weight excluding hydrogens is 276 g/mol. The first-order valence-electron chi connectivity index (χ1n) is 8.09. The van der Waals surface area contributed by atoms with E-state index in [0.717, 1.165) is 35.7 Å². The summed E-state index contributed by atoms with van der Waals surface area (Å²) in [5.41, 5.74) is 0.851. The lowest BCUT2D eigenvalue weighted by molar-refractivity contribution is 0.0567. The van der Waals surface area contributed by atoms with Gasteiger partial charge in [0.05, 0.1) is 0 Å². The Morgan fingerprint density at radius 1 is 1.27 bits per heavy atom. The number of pyridine rings is 1. The van der Waals surface area contributed by atoms with E-state index in [0.29, 0.717) is 13.2 Å². The van der Waals surface area contributed by atoms with Crippen LogP contribution in [0.4, 0.5) is 0 Å². The van der Waals surface area contributed by atoms with Gasteiger partial charge in [0.25, 0.3) is 0 Å². The Balaban J connectivity index is 1.55. The van der Waals surface area contributed by atoms with Crippen molar-refractivity contribution in [2.24, 2.45) is 5.92 Å². The molecule has 4 heteroatoms. The average Bonchev–Trinajstić information content (AvgIpc) is 2.55. The quantitative estimate of drug-likeness (QED) is 0.922. The lowest BCUT2D eigenvalue weighted by atomic mass is 9.99. The van der Waals surface area contributed by atoms with Gasteiger partial charge in [-0.2, -0.15) is 0 Å². The van der Waals surface area contributed by atoms with Crippen molar-refractivity contribution in [2.45, 2.75) is 25.9 Å². The Labute approximate surface area is 131 Å². The van der Waals surface area contributed by atoms with Gasteiger partial charge in [-0.1, -0.05) is 25.1 Å². The number of piperidine rings is 1. The fourth-order valence-electron chi connectivity index (χ4n) is 2.97. The number of aliphatic hydroxyl groups is 1. The zero-order valence-corrected chi connectivity index (χ0v) is 13.1. The van der Waals surface area contributed by atoms with Gasteiger partial charge in [-0.3, -0.25) is 4.98 Å². The molecule has 0 saturated carbocycles. The van der Waals surface area contributed by atoms with Crippen LogP contribution < -0.4 is 4.74 Å². The smallest absolute Gasteiger partial charge is 0.145 e. The molecule has 1 fully saturated rings. The Morgan fingerprint density at radius 2 is 2.05 bits per heavy atom. The van der Waals surface area contributed by atoms with Gasteiger partial charge in [0.15, 0.2) is 0 Å². The number of para-hydroxylation sites is 1. The molecule has 1 atom stereocenters. The van der Waals surface area contributed by atoms with Gasteiger partial charge in [-0.15, -0.1) is 0 Å². The van der Waals surface area contributed by atoms with Crippen LogP contribution in [0.2, 0.25) is 0 Å². The van der Waals surface area contributed by atoms with Gasteiger partial charge in [0.1, 0.15) is 24.0 Å². The monoisotopic (exact) mass is 300 g/mol. The highest BCUT2D eigenvalue weighted by Gasteiger charge is 2.18. The topological polar surface area (TPSA) is 45.6 Å². The molecule has 1 aliphatic rings. The first-order valence-corrected chi connectivity index (χ1v) is 8.09. The molecule has 118 valence electrons. The molecule has 1 aliphatic heterocycles. The van der Waals surface area contributed by atoms with Crippen molar-refractivity contribution < 1.29 is 9.84 Å². The molecule has 2 aromatic rings. The fourth-order valence-corrected chi connectivity index (χ4v) is 2.97. The highest BCUT2D eigenvalue weighted by Crippen LogP contribution is 2.23. The predicted molar refractivity (Wildman–Crippen MR) is 88.1 cm³/mol. The normalized spacial score (nSPS) is 18.5. The van der Waals surface area contributed by atoms with Gasteiger partial charge in [-0.25, -0.2) is 0 Å².